The first-order valence-electron chi connectivity index (χ1n) is 10.9. The average Bonchev–Trinajstić information content (AvgIpc) is 2.64. The summed E-state index contributed by atoms with van der Waals surface area (Å²) in [5.41, 5.74) is 2.55. The number of nitrogens with zero attached hydrogens (tertiary/aromatic N) is 1. The molecule has 4 nitrogen and oxygen atoms in total. The van der Waals surface area contributed by atoms with Crippen LogP contribution in [0.3, 0.4) is 0 Å². The SMILES string of the molecule is COc1cc2c(cc1O[Si](C)(C)C(C)(C)C)[C@@H]1C[C@H](O)[C@@H](CCC[19F])CN1CC2. The van der Waals surface area contributed by atoms with E-state index in [9.17, 15) is 9.50 Å². The maximum atomic E-state index is 12.6. The molecule has 1 fully saturated rings. The van der Waals surface area contributed by atoms with Gasteiger partial charge in [-0.3, -0.25) is 9.29 Å². The zero-order chi connectivity index (χ0) is 21.4. The van der Waals surface area contributed by atoms with Crippen LogP contribution in [0.4, 0.5) is 4.39 Å². The third-order valence-electron chi connectivity index (χ3n) is 7.25. The van der Waals surface area contributed by atoms with E-state index in [4.69, 9.17) is 9.16 Å². The Morgan fingerprint density at radius 1 is 1.24 bits per heavy atom. The lowest BCUT2D eigenvalue weighted by atomic mass is 9.80. The molecule has 3 rings (SSSR count). The van der Waals surface area contributed by atoms with Crippen molar-refractivity contribution >= 4 is 8.32 Å². The molecule has 0 bridgehead atoms. The summed E-state index contributed by atoms with van der Waals surface area (Å²) in [7, 11) is -0.297. The van der Waals surface area contributed by atoms with Crippen LogP contribution in [0.15, 0.2) is 12.1 Å². The van der Waals surface area contributed by atoms with E-state index in [0.29, 0.717) is 12.8 Å². The number of alkyl halides is 1. The molecule has 0 spiro atoms. The number of hydrogen-bond acceptors (Lipinski definition) is 4. The lowest BCUT2D eigenvalue weighted by Crippen LogP contribution is -2.48. The molecule has 0 unspecified atom stereocenters. The molecule has 1 saturated heterocycles. The maximum Gasteiger partial charge on any atom is 0.250 e. The summed E-state index contributed by atoms with van der Waals surface area (Å²) >= 11 is 0. The highest BCUT2D eigenvalue weighted by molar-refractivity contribution is 6.74. The zero-order valence-electron chi connectivity index (χ0n) is 18.9. The molecule has 1 N–H and O–H groups in total. The molecular weight excluding hydrogens is 385 g/mol. The standard InChI is InChI=1S/C23H38FNO3Si/c1-23(2,3)29(5,6)28-22-13-18-16(12-21(22)27-4)9-11-25-15-17(8-7-10-24)20(26)14-19(18)25/h12-13,17,19-20,26H,7-11,14-15H2,1-6H3/t17-,19-,20-/m0/s1/i24+0. The second-order valence-electron chi connectivity index (χ2n) is 10.2. The van der Waals surface area contributed by atoms with E-state index in [0.717, 1.165) is 37.4 Å². The topological polar surface area (TPSA) is 41.9 Å². The highest BCUT2D eigenvalue weighted by atomic mass is 28.4. The van der Waals surface area contributed by atoms with Crippen LogP contribution in [0.1, 0.15) is 57.2 Å². The fourth-order valence-electron chi connectivity index (χ4n) is 4.39. The first kappa shape index (κ1) is 22.6. The van der Waals surface area contributed by atoms with Crippen molar-refractivity contribution < 1.29 is 18.7 Å². The van der Waals surface area contributed by atoms with Gasteiger partial charge in [-0.25, -0.2) is 0 Å². The largest absolute Gasteiger partial charge is 0.541 e. The van der Waals surface area contributed by atoms with E-state index in [2.05, 4.69) is 50.9 Å². The quantitative estimate of drug-likeness (QED) is 0.646. The molecule has 164 valence electrons. The second-order valence-corrected chi connectivity index (χ2v) is 14.9. The fraction of sp³-hybridized carbons (Fsp3) is 0.739. The molecule has 1 aromatic rings. The van der Waals surface area contributed by atoms with Gasteiger partial charge in [0.1, 0.15) is 5.75 Å². The summed E-state index contributed by atoms with van der Waals surface area (Å²) in [6, 6.07) is 4.50. The van der Waals surface area contributed by atoms with Gasteiger partial charge < -0.3 is 14.3 Å². The smallest absolute Gasteiger partial charge is 0.250 e. The van der Waals surface area contributed by atoms with Crippen LogP contribution in [0.5, 0.6) is 11.5 Å². The Hall–Kier alpha value is -1.11. The van der Waals surface area contributed by atoms with Gasteiger partial charge in [0, 0.05) is 19.1 Å². The van der Waals surface area contributed by atoms with Crippen LogP contribution in [0.25, 0.3) is 0 Å². The monoisotopic (exact) mass is 423 g/mol. The Morgan fingerprint density at radius 2 is 1.97 bits per heavy atom. The van der Waals surface area contributed by atoms with E-state index in [1.54, 1.807) is 7.11 Å². The van der Waals surface area contributed by atoms with Gasteiger partial charge in [0.25, 0.3) is 8.32 Å². The van der Waals surface area contributed by atoms with Crippen molar-refractivity contribution in [3.63, 3.8) is 0 Å². The number of aliphatic hydroxyl groups is 1. The van der Waals surface area contributed by atoms with Crippen LogP contribution in [0, 0.1) is 5.92 Å². The van der Waals surface area contributed by atoms with Gasteiger partial charge in [0.15, 0.2) is 5.75 Å². The minimum atomic E-state index is -2.00. The van der Waals surface area contributed by atoms with Crippen LogP contribution in [0.2, 0.25) is 18.1 Å². The van der Waals surface area contributed by atoms with Crippen molar-refractivity contribution in [3.8, 4) is 11.5 Å². The Balaban J connectivity index is 1.89. The minimum Gasteiger partial charge on any atom is -0.541 e. The van der Waals surface area contributed by atoms with Gasteiger partial charge in [-0.05, 0) is 73.0 Å². The molecule has 29 heavy (non-hydrogen) atoms. The third-order valence-corrected chi connectivity index (χ3v) is 11.6. The number of piperidine rings is 1. The Bertz CT molecular complexity index is 719. The second kappa shape index (κ2) is 8.56. The maximum absolute atomic E-state index is 12.6. The van der Waals surface area contributed by atoms with Crippen molar-refractivity contribution in [1.82, 2.24) is 4.90 Å². The molecule has 1 aromatic carbocycles. The molecule has 0 aliphatic carbocycles. The number of methoxy groups -OCH3 is 1. The predicted molar refractivity (Wildman–Crippen MR) is 118 cm³/mol. The van der Waals surface area contributed by atoms with E-state index in [1.807, 2.05) is 0 Å². The Morgan fingerprint density at radius 3 is 2.59 bits per heavy atom. The van der Waals surface area contributed by atoms with Crippen molar-refractivity contribution in [2.45, 2.75) is 76.7 Å². The summed E-state index contributed by atoms with van der Waals surface area (Å²) in [6.07, 6.45) is 2.60. The average molecular weight is 424 g/mol. The minimum absolute atomic E-state index is 0.102. The van der Waals surface area contributed by atoms with Gasteiger partial charge in [0.2, 0.25) is 0 Å². The van der Waals surface area contributed by atoms with Gasteiger partial charge in [-0.1, -0.05) is 20.8 Å². The molecule has 0 aromatic heterocycles. The molecule has 2 heterocycles. The molecule has 0 radical (unpaired) electrons. The van der Waals surface area contributed by atoms with E-state index >= 15 is 0 Å². The molecular formula is C23H38FNO3Si. The molecule has 0 saturated carbocycles. The van der Waals surface area contributed by atoms with Crippen molar-refractivity contribution in [2.75, 3.05) is 26.9 Å². The number of ether oxygens (including phenoxy) is 1. The summed E-state index contributed by atoms with van der Waals surface area (Å²) < 4.78 is 24.9. The highest BCUT2D eigenvalue weighted by Crippen LogP contribution is 2.45. The number of fused-ring (bicyclic) bond motifs is 3. The van der Waals surface area contributed by atoms with Crippen molar-refractivity contribution in [2.24, 2.45) is 5.92 Å². The first-order chi connectivity index (χ1) is 13.6. The zero-order valence-corrected chi connectivity index (χ0v) is 19.9. The van der Waals surface area contributed by atoms with Crippen molar-refractivity contribution in [3.05, 3.63) is 23.3 Å². The Labute approximate surface area is 176 Å². The van der Waals surface area contributed by atoms with E-state index in [1.165, 1.54) is 11.1 Å². The summed E-state index contributed by atoms with van der Waals surface area (Å²) in [5, 5.41) is 10.8. The lowest BCUT2D eigenvalue weighted by Gasteiger charge is -2.46. The van der Waals surface area contributed by atoms with Crippen LogP contribution >= 0.6 is 0 Å². The van der Waals surface area contributed by atoms with Gasteiger partial charge in [0.05, 0.1) is 19.9 Å². The molecule has 2 aliphatic rings. The summed E-state index contributed by atoms with van der Waals surface area (Å²) in [6.45, 7) is 12.7. The first-order valence-corrected chi connectivity index (χ1v) is 13.9. The lowest BCUT2D eigenvalue weighted by molar-refractivity contribution is -0.0160. The molecule has 6 heteroatoms. The van der Waals surface area contributed by atoms with Gasteiger partial charge >= 0.3 is 0 Å². The number of benzene rings is 1. The highest BCUT2D eigenvalue weighted by Gasteiger charge is 2.41. The molecule has 0 amide bonds. The Kier molecular flexibility index (Phi) is 6.66. The predicted octanol–water partition coefficient (Wildman–Crippen LogP) is 5.11. The number of aliphatic hydroxyl groups excluding tert-OH is 1. The van der Waals surface area contributed by atoms with Gasteiger partial charge in [-0.2, -0.15) is 0 Å². The van der Waals surface area contributed by atoms with Crippen molar-refractivity contribution in [1.29, 1.82) is 0 Å². The molecule has 2 aliphatic heterocycles. The summed E-state index contributed by atoms with van der Waals surface area (Å²) in [5.74, 6) is 1.80. The number of halogens is 1. The van der Waals surface area contributed by atoms with Crippen LogP contribution < -0.4 is 9.16 Å². The fourth-order valence-corrected chi connectivity index (χ4v) is 5.41. The van der Waals surface area contributed by atoms with E-state index < -0.39 is 8.32 Å². The third kappa shape index (κ3) is 4.64. The normalized spacial score (nSPS) is 25.3. The summed E-state index contributed by atoms with van der Waals surface area (Å²) in [4.78, 5) is 2.47. The molecule has 3 atom stereocenters. The van der Waals surface area contributed by atoms with E-state index in [-0.39, 0.29) is 29.8 Å². The number of hydrogen-bond donors (Lipinski definition) is 1. The van der Waals surface area contributed by atoms with Crippen LogP contribution in [-0.2, 0) is 6.42 Å². The van der Waals surface area contributed by atoms with Crippen LogP contribution in [-0.4, -0.2) is 51.3 Å². The van der Waals surface area contributed by atoms with Gasteiger partial charge in [-0.15, -0.1) is 0 Å². The number of rotatable bonds is 6.